The summed E-state index contributed by atoms with van der Waals surface area (Å²) in [7, 11) is 6.13. The SMILES string of the molecule is [B]c1ccc(N(c2ccc(CCCC)cc2)c2ccc(N(c3ccc(C)cc3)c3ccc(N(c4ccc(C)cc4)c4ccc(CCCC)cc4)cc3)cc2)cc1. The number of benzene rings is 7. The number of hydrogen-bond acceptors (Lipinski definition) is 3. The third kappa shape index (κ3) is 9.09. The van der Waals surface area contributed by atoms with Crippen LogP contribution in [0.15, 0.2) is 170 Å². The van der Waals surface area contributed by atoms with Gasteiger partial charge in [0.1, 0.15) is 7.85 Å². The molecule has 0 aliphatic heterocycles. The van der Waals surface area contributed by atoms with Gasteiger partial charge >= 0.3 is 0 Å². The third-order valence-electron chi connectivity index (χ3n) is 10.5. The molecule has 0 heterocycles. The van der Waals surface area contributed by atoms with Crippen LogP contribution in [-0.4, -0.2) is 7.85 Å². The Morgan fingerprint density at radius 2 is 0.536 bits per heavy atom. The number of aryl methyl sites for hydroxylation is 4. The van der Waals surface area contributed by atoms with E-state index in [1.165, 1.54) is 47.9 Å². The fraction of sp³-hybridized carbons (Fsp3) is 0.192. The highest BCUT2D eigenvalue weighted by Crippen LogP contribution is 2.41. The van der Waals surface area contributed by atoms with Gasteiger partial charge in [-0.25, -0.2) is 0 Å². The van der Waals surface area contributed by atoms with Crippen LogP contribution in [0.4, 0.5) is 51.2 Å². The van der Waals surface area contributed by atoms with Gasteiger partial charge in [-0.15, -0.1) is 0 Å². The molecule has 0 N–H and O–H groups in total. The standard InChI is InChI=1S/C52H52BN3/c1-5-7-9-41-15-25-46(26-16-41)54(44-21-11-39(3)12-22-44)49-31-33-50(34-32-49)55(45-23-13-40(4)14-24-45)51-35-37-52(38-36-51)56(48-29-19-43(53)20-30-48)47-27-17-42(18-28-47)10-8-6-2/h11-38H,5-10H2,1-4H3. The van der Waals surface area contributed by atoms with Gasteiger partial charge in [0, 0.05) is 51.2 Å². The highest BCUT2D eigenvalue weighted by Gasteiger charge is 2.18. The molecular weight excluding hydrogens is 677 g/mol. The van der Waals surface area contributed by atoms with Gasteiger partial charge < -0.3 is 14.7 Å². The molecule has 7 aromatic rings. The van der Waals surface area contributed by atoms with E-state index in [0.717, 1.165) is 69.5 Å². The average molecular weight is 730 g/mol. The molecule has 4 heteroatoms. The highest BCUT2D eigenvalue weighted by atomic mass is 15.2. The highest BCUT2D eigenvalue weighted by molar-refractivity contribution is 6.32. The van der Waals surface area contributed by atoms with Crippen molar-refractivity contribution in [1.82, 2.24) is 0 Å². The fourth-order valence-electron chi connectivity index (χ4n) is 7.24. The fourth-order valence-corrected chi connectivity index (χ4v) is 7.24. The van der Waals surface area contributed by atoms with Gasteiger partial charge in [-0.3, -0.25) is 0 Å². The van der Waals surface area contributed by atoms with Crippen LogP contribution in [0.1, 0.15) is 61.8 Å². The number of hydrogen-bond donors (Lipinski definition) is 0. The molecule has 3 nitrogen and oxygen atoms in total. The van der Waals surface area contributed by atoms with Crippen LogP contribution >= 0.6 is 0 Å². The van der Waals surface area contributed by atoms with Crippen molar-refractivity contribution in [2.24, 2.45) is 0 Å². The molecule has 0 aliphatic rings. The molecule has 0 saturated heterocycles. The summed E-state index contributed by atoms with van der Waals surface area (Å²) in [6, 6.07) is 61.6. The largest absolute Gasteiger partial charge is 0.311 e. The van der Waals surface area contributed by atoms with Gasteiger partial charge in [0.2, 0.25) is 0 Å². The van der Waals surface area contributed by atoms with E-state index >= 15 is 0 Å². The van der Waals surface area contributed by atoms with Gasteiger partial charge in [-0.1, -0.05) is 104 Å². The molecule has 0 spiro atoms. The molecule has 0 amide bonds. The first kappa shape index (κ1) is 38.3. The number of nitrogens with zero attached hydrogens (tertiary/aromatic N) is 3. The Labute approximate surface area is 336 Å². The molecule has 0 saturated carbocycles. The predicted molar refractivity (Wildman–Crippen MR) is 243 cm³/mol. The van der Waals surface area contributed by atoms with Crippen LogP contribution in [0.2, 0.25) is 0 Å². The van der Waals surface area contributed by atoms with Crippen LogP contribution in [-0.2, 0) is 12.8 Å². The van der Waals surface area contributed by atoms with E-state index in [-0.39, 0.29) is 0 Å². The normalized spacial score (nSPS) is 11.0. The molecule has 2 radical (unpaired) electrons. The summed E-state index contributed by atoms with van der Waals surface area (Å²) in [5.74, 6) is 0. The Bertz CT molecular complexity index is 2120. The molecule has 0 bridgehead atoms. The summed E-state index contributed by atoms with van der Waals surface area (Å²) in [6.07, 6.45) is 6.99. The van der Waals surface area contributed by atoms with Gasteiger partial charge in [0.05, 0.1) is 0 Å². The second-order valence-corrected chi connectivity index (χ2v) is 14.8. The van der Waals surface area contributed by atoms with Crippen molar-refractivity contribution >= 4 is 64.5 Å². The summed E-state index contributed by atoms with van der Waals surface area (Å²) < 4.78 is 0. The topological polar surface area (TPSA) is 9.72 Å². The smallest absolute Gasteiger partial charge is 0.113 e. The van der Waals surface area contributed by atoms with E-state index in [2.05, 4.69) is 200 Å². The molecule has 7 rings (SSSR count). The Morgan fingerprint density at radius 1 is 0.321 bits per heavy atom. The zero-order valence-electron chi connectivity index (χ0n) is 33.3. The molecule has 278 valence electrons. The number of unbranched alkanes of at least 4 members (excludes halogenated alkanes) is 2. The summed E-state index contributed by atoms with van der Waals surface area (Å²) in [5, 5.41) is 0. The maximum atomic E-state index is 6.13. The van der Waals surface area contributed by atoms with Gasteiger partial charge in [-0.2, -0.15) is 0 Å². The first-order chi connectivity index (χ1) is 27.4. The lowest BCUT2D eigenvalue weighted by Gasteiger charge is -2.29. The van der Waals surface area contributed by atoms with Crippen molar-refractivity contribution < 1.29 is 0 Å². The van der Waals surface area contributed by atoms with E-state index in [1.54, 1.807) is 0 Å². The lowest BCUT2D eigenvalue weighted by molar-refractivity contribution is 0.795. The minimum Gasteiger partial charge on any atom is -0.311 e. The maximum Gasteiger partial charge on any atom is 0.113 e. The van der Waals surface area contributed by atoms with E-state index < -0.39 is 0 Å². The quantitative estimate of drug-likeness (QED) is 0.0973. The van der Waals surface area contributed by atoms with E-state index in [1.807, 2.05) is 12.1 Å². The molecular formula is C52H52BN3. The van der Waals surface area contributed by atoms with Crippen molar-refractivity contribution in [3.05, 3.63) is 192 Å². The average Bonchev–Trinajstić information content (AvgIpc) is 3.23. The van der Waals surface area contributed by atoms with Crippen molar-refractivity contribution in [2.75, 3.05) is 14.7 Å². The van der Waals surface area contributed by atoms with Crippen molar-refractivity contribution in [2.45, 2.75) is 66.2 Å². The first-order valence-corrected chi connectivity index (χ1v) is 20.2. The van der Waals surface area contributed by atoms with Gasteiger partial charge in [-0.05, 0) is 160 Å². The third-order valence-corrected chi connectivity index (χ3v) is 10.5. The van der Waals surface area contributed by atoms with Crippen molar-refractivity contribution in [3.8, 4) is 0 Å². The summed E-state index contributed by atoms with van der Waals surface area (Å²) >= 11 is 0. The van der Waals surface area contributed by atoms with Crippen LogP contribution in [0.3, 0.4) is 0 Å². The number of rotatable bonds is 15. The molecule has 7 aromatic carbocycles. The maximum absolute atomic E-state index is 6.13. The molecule has 56 heavy (non-hydrogen) atoms. The van der Waals surface area contributed by atoms with E-state index in [0.29, 0.717) is 0 Å². The second kappa shape index (κ2) is 18.1. The van der Waals surface area contributed by atoms with Crippen molar-refractivity contribution in [1.29, 1.82) is 0 Å². The molecule has 0 aromatic heterocycles. The van der Waals surface area contributed by atoms with E-state index in [9.17, 15) is 0 Å². The van der Waals surface area contributed by atoms with Gasteiger partial charge in [0.25, 0.3) is 0 Å². The Hall–Kier alpha value is -6.00. The summed E-state index contributed by atoms with van der Waals surface area (Å²) in [5.41, 5.74) is 15.9. The van der Waals surface area contributed by atoms with Crippen LogP contribution in [0.5, 0.6) is 0 Å². The molecule has 0 unspecified atom stereocenters. The van der Waals surface area contributed by atoms with Crippen LogP contribution in [0.25, 0.3) is 0 Å². The Balaban J connectivity index is 1.24. The summed E-state index contributed by atoms with van der Waals surface area (Å²) in [4.78, 5) is 6.98. The van der Waals surface area contributed by atoms with E-state index in [4.69, 9.17) is 7.85 Å². The Kier molecular flexibility index (Phi) is 12.4. The zero-order chi connectivity index (χ0) is 38.9. The molecule has 0 aliphatic carbocycles. The van der Waals surface area contributed by atoms with Gasteiger partial charge in [0.15, 0.2) is 0 Å². The second-order valence-electron chi connectivity index (χ2n) is 14.8. The lowest BCUT2D eigenvalue weighted by atomic mass is 9.96. The zero-order valence-corrected chi connectivity index (χ0v) is 33.3. The minimum absolute atomic E-state index is 0.751. The first-order valence-electron chi connectivity index (χ1n) is 20.2. The number of anilines is 9. The molecule has 0 fully saturated rings. The van der Waals surface area contributed by atoms with Crippen LogP contribution in [0, 0.1) is 13.8 Å². The monoisotopic (exact) mass is 729 g/mol. The predicted octanol–water partition coefficient (Wildman–Crippen LogP) is 14.2. The van der Waals surface area contributed by atoms with Crippen molar-refractivity contribution in [3.63, 3.8) is 0 Å². The van der Waals surface area contributed by atoms with Crippen LogP contribution < -0.4 is 20.2 Å². The summed E-state index contributed by atoms with van der Waals surface area (Å²) in [6.45, 7) is 8.76. The Morgan fingerprint density at radius 3 is 0.786 bits per heavy atom. The lowest BCUT2D eigenvalue weighted by Crippen LogP contribution is -2.13. The minimum atomic E-state index is 0.751. The molecule has 0 atom stereocenters.